The molecule has 0 unspecified atom stereocenters. The van der Waals surface area contributed by atoms with Gasteiger partial charge in [-0.05, 0) is 36.4 Å². The second-order valence-electron chi connectivity index (χ2n) is 4.19. The summed E-state index contributed by atoms with van der Waals surface area (Å²) in [5.74, 6) is 0. The minimum atomic E-state index is -4.57. The minimum Gasteiger partial charge on any atom is -0.355 e. The van der Waals surface area contributed by atoms with E-state index >= 15 is 0 Å². The highest BCUT2D eigenvalue weighted by Gasteiger charge is 2.33. The van der Waals surface area contributed by atoms with Crippen LogP contribution in [0.25, 0.3) is 0 Å². The second-order valence-corrected chi connectivity index (χ2v) is 4.19. The van der Waals surface area contributed by atoms with Crippen LogP contribution in [0, 0.1) is 22.7 Å². The van der Waals surface area contributed by atoms with E-state index in [1.807, 2.05) is 6.07 Å². The van der Waals surface area contributed by atoms with Gasteiger partial charge in [0, 0.05) is 11.4 Å². The molecule has 0 atom stereocenters. The maximum absolute atomic E-state index is 12.7. The summed E-state index contributed by atoms with van der Waals surface area (Å²) in [4.78, 5) is 0. The molecular formula is C15H8F3N3. The molecule has 0 aliphatic rings. The van der Waals surface area contributed by atoms with Crippen molar-refractivity contribution < 1.29 is 13.2 Å². The monoisotopic (exact) mass is 287 g/mol. The average Bonchev–Trinajstić information content (AvgIpc) is 2.46. The van der Waals surface area contributed by atoms with Crippen LogP contribution in [0.5, 0.6) is 0 Å². The molecule has 2 aromatic rings. The van der Waals surface area contributed by atoms with Gasteiger partial charge < -0.3 is 5.32 Å². The first-order valence-corrected chi connectivity index (χ1v) is 5.82. The number of halogens is 3. The molecule has 0 radical (unpaired) electrons. The molecular weight excluding hydrogens is 279 g/mol. The van der Waals surface area contributed by atoms with Crippen LogP contribution in [-0.4, -0.2) is 0 Å². The van der Waals surface area contributed by atoms with Crippen LogP contribution in [0.15, 0.2) is 42.5 Å². The Balaban J connectivity index is 2.34. The van der Waals surface area contributed by atoms with Crippen LogP contribution in [0.3, 0.4) is 0 Å². The van der Waals surface area contributed by atoms with Crippen molar-refractivity contribution >= 4 is 11.4 Å². The maximum Gasteiger partial charge on any atom is 0.417 e. The second kappa shape index (κ2) is 5.56. The van der Waals surface area contributed by atoms with E-state index in [1.165, 1.54) is 12.1 Å². The summed E-state index contributed by atoms with van der Waals surface area (Å²) < 4.78 is 38.1. The quantitative estimate of drug-likeness (QED) is 0.900. The predicted molar refractivity (Wildman–Crippen MR) is 70.6 cm³/mol. The lowest BCUT2D eigenvalue weighted by Gasteiger charge is -2.11. The van der Waals surface area contributed by atoms with E-state index in [2.05, 4.69) is 5.32 Å². The van der Waals surface area contributed by atoms with Crippen molar-refractivity contribution in [2.75, 3.05) is 5.32 Å². The first-order chi connectivity index (χ1) is 9.94. The zero-order chi connectivity index (χ0) is 15.5. The Kier molecular flexibility index (Phi) is 3.82. The molecule has 0 amide bonds. The highest BCUT2D eigenvalue weighted by atomic mass is 19.4. The Bertz CT molecular complexity index is 752. The van der Waals surface area contributed by atoms with Gasteiger partial charge in [-0.25, -0.2) is 0 Å². The van der Waals surface area contributed by atoms with Crippen molar-refractivity contribution in [3.8, 4) is 12.1 Å². The van der Waals surface area contributed by atoms with Gasteiger partial charge in [-0.1, -0.05) is 6.07 Å². The molecule has 0 bridgehead atoms. The molecule has 2 aromatic carbocycles. The molecule has 21 heavy (non-hydrogen) atoms. The molecule has 2 rings (SSSR count). The van der Waals surface area contributed by atoms with E-state index in [-0.39, 0.29) is 0 Å². The molecule has 0 aliphatic carbocycles. The number of benzene rings is 2. The number of nitriles is 2. The Morgan fingerprint density at radius 2 is 1.62 bits per heavy atom. The molecule has 0 fully saturated rings. The topological polar surface area (TPSA) is 59.6 Å². The molecule has 0 saturated carbocycles. The number of nitrogens with one attached hydrogen (secondary N) is 1. The standard InChI is InChI=1S/C15H8F3N3/c16-15(17,18)14-5-4-13(7-11(14)9-20)21-12-3-1-2-10(6-12)8-19/h1-7,21H. The number of hydrogen-bond donors (Lipinski definition) is 1. The zero-order valence-corrected chi connectivity index (χ0v) is 10.6. The van der Waals surface area contributed by atoms with Crippen molar-refractivity contribution in [3.05, 3.63) is 59.2 Å². The summed E-state index contributed by atoms with van der Waals surface area (Å²) in [6.45, 7) is 0. The van der Waals surface area contributed by atoms with Crippen LogP contribution in [-0.2, 0) is 6.18 Å². The van der Waals surface area contributed by atoms with Crippen molar-refractivity contribution in [1.82, 2.24) is 0 Å². The van der Waals surface area contributed by atoms with Gasteiger partial charge in [0.25, 0.3) is 0 Å². The van der Waals surface area contributed by atoms with Gasteiger partial charge in [-0.15, -0.1) is 0 Å². The van der Waals surface area contributed by atoms with Crippen LogP contribution in [0.2, 0.25) is 0 Å². The summed E-state index contributed by atoms with van der Waals surface area (Å²) in [6.07, 6.45) is -4.57. The molecule has 0 heterocycles. The van der Waals surface area contributed by atoms with Crippen LogP contribution in [0.1, 0.15) is 16.7 Å². The lowest BCUT2D eigenvalue weighted by molar-refractivity contribution is -0.137. The third-order valence-electron chi connectivity index (χ3n) is 2.73. The highest BCUT2D eigenvalue weighted by molar-refractivity contribution is 5.64. The number of nitrogens with zero attached hydrogens (tertiary/aromatic N) is 2. The fourth-order valence-corrected chi connectivity index (χ4v) is 1.79. The summed E-state index contributed by atoms with van der Waals surface area (Å²) in [7, 11) is 0. The molecule has 1 N–H and O–H groups in total. The fourth-order valence-electron chi connectivity index (χ4n) is 1.79. The predicted octanol–water partition coefficient (Wildman–Crippen LogP) is 4.19. The van der Waals surface area contributed by atoms with E-state index in [0.29, 0.717) is 16.9 Å². The van der Waals surface area contributed by atoms with Crippen molar-refractivity contribution in [3.63, 3.8) is 0 Å². The minimum absolute atomic E-state index is 0.342. The van der Waals surface area contributed by atoms with Crippen LogP contribution in [0.4, 0.5) is 24.5 Å². The zero-order valence-electron chi connectivity index (χ0n) is 10.6. The summed E-state index contributed by atoms with van der Waals surface area (Å²) in [5.41, 5.74) is -0.106. The van der Waals surface area contributed by atoms with E-state index < -0.39 is 17.3 Å². The largest absolute Gasteiger partial charge is 0.417 e. The summed E-state index contributed by atoms with van der Waals surface area (Å²) in [5, 5.41) is 20.5. The Hall–Kier alpha value is -2.99. The molecule has 3 nitrogen and oxygen atoms in total. The van der Waals surface area contributed by atoms with Crippen LogP contribution < -0.4 is 5.32 Å². The molecule has 0 spiro atoms. The SMILES string of the molecule is N#Cc1cccc(Nc2ccc(C(F)(F)F)c(C#N)c2)c1. The van der Waals surface area contributed by atoms with Gasteiger partial charge in [0.15, 0.2) is 0 Å². The number of anilines is 2. The van der Waals surface area contributed by atoms with Crippen molar-refractivity contribution in [2.45, 2.75) is 6.18 Å². The first-order valence-electron chi connectivity index (χ1n) is 5.82. The van der Waals surface area contributed by atoms with Gasteiger partial charge >= 0.3 is 6.18 Å². The fraction of sp³-hybridized carbons (Fsp3) is 0.0667. The van der Waals surface area contributed by atoms with Gasteiger partial charge in [-0.3, -0.25) is 0 Å². The normalized spacial score (nSPS) is 10.5. The van der Waals surface area contributed by atoms with Gasteiger partial charge in [0.05, 0.1) is 28.8 Å². The van der Waals surface area contributed by atoms with E-state index in [0.717, 1.165) is 12.1 Å². The Morgan fingerprint density at radius 3 is 2.24 bits per heavy atom. The highest BCUT2D eigenvalue weighted by Crippen LogP contribution is 2.33. The van der Waals surface area contributed by atoms with Gasteiger partial charge in [0.2, 0.25) is 0 Å². The van der Waals surface area contributed by atoms with Crippen molar-refractivity contribution in [2.24, 2.45) is 0 Å². The molecule has 0 saturated heterocycles. The lowest BCUT2D eigenvalue weighted by Crippen LogP contribution is -2.08. The summed E-state index contributed by atoms with van der Waals surface area (Å²) >= 11 is 0. The average molecular weight is 287 g/mol. The smallest absolute Gasteiger partial charge is 0.355 e. The third-order valence-corrected chi connectivity index (χ3v) is 2.73. The Morgan fingerprint density at radius 1 is 0.905 bits per heavy atom. The lowest BCUT2D eigenvalue weighted by atomic mass is 10.1. The van der Waals surface area contributed by atoms with Crippen molar-refractivity contribution in [1.29, 1.82) is 10.5 Å². The maximum atomic E-state index is 12.7. The van der Waals surface area contributed by atoms with Gasteiger partial charge in [0.1, 0.15) is 0 Å². The molecule has 0 aromatic heterocycles. The first kappa shape index (κ1) is 14.4. The van der Waals surface area contributed by atoms with Crippen LogP contribution >= 0.6 is 0 Å². The van der Waals surface area contributed by atoms with Gasteiger partial charge in [-0.2, -0.15) is 23.7 Å². The third kappa shape index (κ3) is 3.31. The summed E-state index contributed by atoms with van der Waals surface area (Å²) in [6, 6.07) is 13.2. The van der Waals surface area contributed by atoms with E-state index in [9.17, 15) is 13.2 Å². The Labute approximate surface area is 118 Å². The molecule has 6 heteroatoms. The number of hydrogen-bond acceptors (Lipinski definition) is 3. The van der Waals surface area contributed by atoms with E-state index in [1.54, 1.807) is 24.3 Å². The van der Waals surface area contributed by atoms with E-state index in [4.69, 9.17) is 10.5 Å². The molecule has 104 valence electrons. The molecule has 0 aliphatic heterocycles. The number of alkyl halides is 3. The number of rotatable bonds is 2.